The predicted molar refractivity (Wildman–Crippen MR) is 64.7 cm³/mol. The van der Waals surface area contributed by atoms with Crippen LogP contribution >= 0.6 is 15.9 Å². The summed E-state index contributed by atoms with van der Waals surface area (Å²) in [5, 5.41) is 12.5. The van der Waals surface area contributed by atoms with Crippen LogP contribution in [0.25, 0.3) is 0 Å². The third-order valence-electron chi connectivity index (χ3n) is 3.06. The van der Waals surface area contributed by atoms with Gasteiger partial charge in [-0.25, -0.2) is 0 Å². The molecule has 2 rings (SSSR count). The van der Waals surface area contributed by atoms with E-state index in [1.807, 2.05) is 6.07 Å². The molecule has 1 aromatic rings. The van der Waals surface area contributed by atoms with Crippen LogP contribution in [0, 0.1) is 5.92 Å². The molecule has 1 saturated heterocycles. The maximum Gasteiger partial charge on any atom is 0.0471 e. The summed E-state index contributed by atoms with van der Waals surface area (Å²) >= 11 is 3.57. The maximum absolute atomic E-state index is 9.05. The topological polar surface area (TPSA) is 32.3 Å². The van der Waals surface area contributed by atoms with Gasteiger partial charge in [-0.05, 0) is 30.4 Å². The number of piperidine rings is 1. The molecule has 2 atom stereocenters. The second-order valence-electron chi connectivity index (χ2n) is 4.11. The van der Waals surface area contributed by atoms with E-state index in [4.69, 9.17) is 5.11 Å². The van der Waals surface area contributed by atoms with Crippen molar-refractivity contribution in [3.05, 3.63) is 34.3 Å². The van der Waals surface area contributed by atoms with Crippen molar-refractivity contribution in [3.63, 3.8) is 0 Å². The lowest BCUT2D eigenvalue weighted by Gasteiger charge is -2.29. The molecule has 0 amide bonds. The first-order valence-corrected chi connectivity index (χ1v) is 6.19. The van der Waals surface area contributed by atoms with Gasteiger partial charge >= 0.3 is 0 Å². The van der Waals surface area contributed by atoms with Gasteiger partial charge in [0.1, 0.15) is 0 Å². The lowest BCUT2D eigenvalue weighted by molar-refractivity contribution is 0.183. The second kappa shape index (κ2) is 5.10. The highest BCUT2D eigenvalue weighted by Gasteiger charge is 2.21. The van der Waals surface area contributed by atoms with Crippen molar-refractivity contribution < 1.29 is 5.11 Å². The van der Waals surface area contributed by atoms with Crippen LogP contribution in [-0.4, -0.2) is 18.3 Å². The summed E-state index contributed by atoms with van der Waals surface area (Å²) in [6.07, 6.45) is 2.21. The Morgan fingerprint density at radius 2 is 2.13 bits per heavy atom. The van der Waals surface area contributed by atoms with Crippen LogP contribution in [0.5, 0.6) is 0 Å². The van der Waals surface area contributed by atoms with E-state index in [1.165, 1.54) is 10.0 Å². The van der Waals surface area contributed by atoms with Crippen molar-refractivity contribution in [2.75, 3.05) is 13.2 Å². The van der Waals surface area contributed by atoms with E-state index in [0.717, 1.165) is 19.4 Å². The van der Waals surface area contributed by atoms with Crippen LogP contribution in [0.4, 0.5) is 0 Å². The predicted octanol–water partition coefficient (Wildman–Crippen LogP) is 2.48. The van der Waals surface area contributed by atoms with Crippen molar-refractivity contribution in [3.8, 4) is 0 Å². The van der Waals surface area contributed by atoms with Crippen LogP contribution in [-0.2, 0) is 0 Å². The monoisotopic (exact) mass is 269 g/mol. The van der Waals surface area contributed by atoms with Gasteiger partial charge in [0.05, 0.1) is 0 Å². The van der Waals surface area contributed by atoms with Crippen molar-refractivity contribution in [2.45, 2.75) is 18.9 Å². The number of hydrogen-bond acceptors (Lipinski definition) is 2. The molecule has 1 aromatic carbocycles. The normalized spacial score (nSPS) is 26.5. The standard InChI is InChI=1S/C12H16BrNO/c13-11-4-2-1-3-10(11)12-6-5-9(8-15)7-14-12/h1-4,9,12,14-15H,5-8H2. The first-order chi connectivity index (χ1) is 7.31. The molecule has 0 radical (unpaired) electrons. The zero-order chi connectivity index (χ0) is 10.7. The molecular weight excluding hydrogens is 254 g/mol. The number of rotatable bonds is 2. The molecule has 0 saturated carbocycles. The summed E-state index contributed by atoms with van der Waals surface area (Å²) in [6, 6.07) is 8.77. The quantitative estimate of drug-likeness (QED) is 0.865. The van der Waals surface area contributed by atoms with Crippen LogP contribution in [0.2, 0.25) is 0 Å². The summed E-state index contributed by atoms with van der Waals surface area (Å²) in [7, 11) is 0. The molecular formula is C12H16BrNO. The first kappa shape index (κ1) is 11.1. The summed E-state index contributed by atoms with van der Waals surface area (Å²) in [5.41, 5.74) is 1.33. The Bertz CT molecular complexity index is 321. The number of hydrogen-bond donors (Lipinski definition) is 2. The lowest BCUT2D eigenvalue weighted by atomic mass is 9.91. The van der Waals surface area contributed by atoms with Crippen molar-refractivity contribution in [1.29, 1.82) is 0 Å². The minimum absolute atomic E-state index is 0.301. The Labute approximate surface area is 98.8 Å². The van der Waals surface area contributed by atoms with E-state index in [9.17, 15) is 0 Å². The lowest BCUT2D eigenvalue weighted by Crippen LogP contribution is -2.34. The van der Waals surface area contributed by atoms with Gasteiger partial charge in [0, 0.05) is 23.7 Å². The van der Waals surface area contributed by atoms with E-state index < -0.39 is 0 Å². The molecule has 3 heteroatoms. The van der Waals surface area contributed by atoms with Crippen LogP contribution in [0.3, 0.4) is 0 Å². The first-order valence-electron chi connectivity index (χ1n) is 5.40. The number of nitrogens with one attached hydrogen (secondary N) is 1. The van der Waals surface area contributed by atoms with E-state index in [2.05, 4.69) is 39.4 Å². The zero-order valence-electron chi connectivity index (χ0n) is 8.62. The third-order valence-corrected chi connectivity index (χ3v) is 3.78. The molecule has 0 bridgehead atoms. The highest BCUT2D eigenvalue weighted by Crippen LogP contribution is 2.30. The van der Waals surface area contributed by atoms with Gasteiger partial charge in [0.15, 0.2) is 0 Å². The molecule has 2 unspecified atom stereocenters. The van der Waals surface area contributed by atoms with Gasteiger partial charge in [-0.15, -0.1) is 0 Å². The number of aliphatic hydroxyl groups is 1. The fourth-order valence-electron chi connectivity index (χ4n) is 2.09. The van der Waals surface area contributed by atoms with Crippen LogP contribution in [0.15, 0.2) is 28.7 Å². The SMILES string of the molecule is OCC1CCC(c2ccccc2Br)NC1. The summed E-state index contributed by atoms with van der Waals surface area (Å²) in [6.45, 7) is 1.22. The van der Waals surface area contributed by atoms with E-state index in [-0.39, 0.29) is 0 Å². The molecule has 1 fully saturated rings. The van der Waals surface area contributed by atoms with Gasteiger partial charge < -0.3 is 10.4 Å². The highest BCUT2D eigenvalue weighted by molar-refractivity contribution is 9.10. The van der Waals surface area contributed by atoms with E-state index in [0.29, 0.717) is 18.6 Å². The Kier molecular flexibility index (Phi) is 3.78. The Hall–Kier alpha value is -0.380. The molecule has 0 aromatic heterocycles. The van der Waals surface area contributed by atoms with Crippen molar-refractivity contribution in [2.24, 2.45) is 5.92 Å². The molecule has 2 N–H and O–H groups in total. The van der Waals surface area contributed by atoms with Gasteiger partial charge in [0.2, 0.25) is 0 Å². The van der Waals surface area contributed by atoms with Gasteiger partial charge in [-0.1, -0.05) is 34.1 Å². The summed E-state index contributed by atoms with van der Waals surface area (Å²) < 4.78 is 1.17. The number of aliphatic hydroxyl groups excluding tert-OH is 1. The van der Waals surface area contributed by atoms with E-state index in [1.54, 1.807) is 0 Å². The van der Waals surface area contributed by atoms with Gasteiger partial charge in [-0.2, -0.15) is 0 Å². The minimum atomic E-state index is 0.301. The largest absolute Gasteiger partial charge is 0.396 e. The van der Waals surface area contributed by atoms with Crippen LogP contribution in [0.1, 0.15) is 24.4 Å². The maximum atomic E-state index is 9.05. The van der Waals surface area contributed by atoms with Crippen molar-refractivity contribution >= 4 is 15.9 Å². The Morgan fingerprint density at radius 1 is 1.33 bits per heavy atom. The Balaban J connectivity index is 2.04. The molecule has 1 aliphatic heterocycles. The molecule has 1 heterocycles. The molecule has 0 aliphatic carbocycles. The van der Waals surface area contributed by atoms with Gasteiger partial charge in [0.25, 0.3) is 0 Å². The molecule has 2 nitrogen and oxygen atoms in total. The highest BCUT2D eigenvalue weighted by atomic mass is 79.9. The average Bonchev–Trinajstić information content (AvgIpc) is 2.30. The third kappa shape index (κ3) is 2.60. The fourth-order valence-corrected chi connectivity index (χ4v) is 2.66. The average molecular weight is 270 g/mol. The molecule has 1 aliphatic rings. The number of halogens is 1. The molecule has 15 heavy (non-hydrogen) atoms. The minimum Gasteiger partial charge on any atom is -0.396 e. The Morgan fingerprint density at radius 3 is 2.73 bits per heavy atom. The molecule has 0 spiro atoms. The summed E-state index contributed by atoms with van der Waals surface area (Å²) in [5.74, 6) is 0.434. The summed E-state index contributed by atoms with van der Waals surface area (Å²) in [4.78, 5) is 0. The molecule has 82 valence electrons. The van der Waals surface area contributed by atoms with Crippen molar-refractivity contribution in [1.82, 2.24) is 5.32 Å². The smallest absolute Gasteiger partial charge is 0.0471 e. The van der Waals surface area contributed by atoms with Crippen LogP contribution < -0.4 is 5.32 Å². The number of benzene rings is 1. The fraction of sp³-hybridized carbons (Fsp3) is 0.500. The zero-order valence-corrected chi connectivity index (χ0v) is 10.2. The second-order valence-corrected chi connectivity index (χ2v) is 4.96. The van der Waals surface area contributed by atoms with Gasteiger partial charge in [-0.3, -0.25) is 0 Å². The van der Waals surface area contributed by atoms with E-state index >= 15 is 0 Å².